The summed E-state index contributed by atoms with van der Waals surface area (Å²) >= 11 is 8.28. The lowest BCUT2D eigenvalue weighted by atomic mass is 9.80. The molecule has 144 valence electrons. The molecule has 0 bridgehead atoms. The predicted octanol–water partition coefficient (Wildman–Crippen LogP) is 7.00. The van der Waals surface area contributed by atoms with Crippen LogP contribution >= 0.6 is 23.4 Å². The number of ketones is 1. The van der Waals surface area contributed by atoms with Crippen molar-refractivity contribution >= 4 is 34.8 Å². The van der Waals surface area contributed by atoms with Crippen molar-refractivity contribution in [1.82, 2.24) is 0 Å². The molecule has 3 aromatic carbocycles. The Balaban J connectivity index is 1.64. The molecule has 0 amide bonds. The maximum atomic E-state index is 13.5. The van der Waals surface area contributed by atoms with Gasteiger partial charge in [-0.25, -0.2) is 0 Å². The average molecular weight is 418 g/mol. The Hall–Kier alpha value is -2.49. The van der Waals surface area contributed by atoms with Gasteiger partial charge in [-0.15, -0.1) is 11.8 Å². The van der Waals surface area contributed by atoms with Gasteiger partial charge in [0.05, 0.1) is 10.9 Å². The summed E-state index contributed by atoms with van der Waals surface area (Å²) < 4.78 is 0. The molecule has 4 heteroatoms. The normalized spacial score (nSPS) is 21.1. The summed E-state index contributed by atoms with van der Waals surface area (Å²) in [4.78, 5) is 14.6. The van der Waals surface area contributed by atoms with Crippen LogP contribution in [0.3, 0.4) is 0 Å². The number of hydrogen-bond donors (Lipinski definition) is 1. The highest BCUT2D eigenvalue weighted by atomic mass is 35.5. The van der Waals surface area contributed by atoms with Crippen molar-refractivity contribution in [2.24, 2.45) is 0 Å². The largest absolute Gasteiger partial charge is 0.358 e. The van der Waals surface area contributed by atoms with Crippen molar-refractivity contribution in [3.63, 3.8) is 0 Å². The molecule has 2 nitrogen and oxygen atoms in total. The molecule has 0 spiro atoms. The van der Waals surface area contributed by atoms with Gasteiger partial charge in [-0.1, -0.05) is 72.3 Å². The number of carbonyl (C=O) groups is 1. The van der Waals surface area contributed by atoms with Crippen LogP contribution in [0.15, 0.2) is 95.0 Å². The van der Waals surface area contributed by atoms with E-state index in [4.69, 9.17) is 11.6 Å². The van der Waals surface area contributed by atoms with Crippen LogP contribution in [-0.2, 0) is 4.79 Å². The van der Waals surface area contributed by atoms with Crippen LogP contribution in [0.5, 0.6) is 0 Å². The number of nitrogens with one attached hydrogen (secondary N) is 1. The summed E-state index contributed by atoms with van der Waals surface area (Å²) in [6, 6.07) is 26.5. The first-order chi connectivity index (χ1) is 14.2. The third-order valence-corrected chi connectivity index (χ3v) is 7.33. The summed E-state index contributed by atoms with van der Waals surface area (Å²) in [6.45, 7) is 0. The minimum absolute atomic E-state index is 0.112. The van der Waals surface area contributed by atoms with Crippen LogP contribution < -0.4 is 5.32 Å². The van der Waals surface area contributed by atoms with Crippen molar-refractivity contribution in [1.29, 1.82) is 0 Å². The van der Waals surface area contributed by atoms with Crippen LogP contribution in [0, 0.1) is 0 Å². The second-order valence-electron chi connectivity index (χ2n) is 7.47. The van der Waals surface area contributed by atoms with Crippen LogP contribution in [-0.4, -0.2) is 5.78 Å². The minimum Gasteiger partial charge on any atom is -0.358 e. The third-order valence-electron chi connectivity index (χ3n) is 5.65. The van der Waals surface area contributed by atoms with E-state index in [0.29, 0.717) is 11.4 Å². The minimum atomic E-state index is -0.112. The van der Waals surface area contributed by atoms with E-state index in [-0.39, 0.29) is 17.0 Å². The van der Waals surface area contributed by atoms with Crippen LogP contribution in [0.4, 0.5) is 5.69 Å². The lowest BCUT2D eigenvalue weighted by Crippen LogP contribution is -2.24. The first-order valence-electron chi connectivity index (χ1n) is 9.79. The van der Waals surface area contributed by atoms with Crippen LogP contribution in [0.25, 0.3) is 0 Å². The van der Waals surface area contributed by atoms with Gasteiger partial charge < -0.3 is 5.32 Å². The highest BCUT2D eigenvalue weighted by Crippen LogP contribution is 2.52. The molecule has 5 rings (SSSR count). The zero-order valence-electron chi connectivity index (χ0n) is 15.8. The van der Waals surface area contributed by atoms with Gasteiger partial charge in [-0.2, -0.15) is 0 Å². The van der Waals surface area contributed by atoms with Gasteiger partial charge in [-0.05, 0) is 41.7 Å². The number of allylic oxidation sites excluding steroid dienone is 1. The van der Waals surface area contributed by atoms with Crippen molar-refractivity contribution in [2.75, 3.05) is 5.32 Å². The Morgan fingerprint density at radius 2 is 1.59 bits per heavy atom. The van der Waals surface area contributed by atoms with Crippen LogP contribution in [0.1, 0.15) is 35.1 Å². The molecule has 0 unspecified atom stereocenters. The zero-order valence-corrected chi connectivity index (χ0v) is 17.3. The van der Waals surface area contributed by atoms with Crippen molar-refractivity contribution < 1.29 is 4.79 Å². The highest BCUT2D eigenvalue weighted by molar-refractivity contribution is 8.00. The molecule has 1 heterocycles. The number of anilines is 1. The van der Waals surface area contributed by atoms with E-state index in [1.54, 1.807) is 11.8 Å². The molecular formula is C25H20ClNOS. The van der Waals surface area contributed by atoms with Crippen molar-refractivity contribution in [2.45, 2.75) is 28.9 Å². The zero-order chi connectivity index (χ0) is 19.8. The van der Waals surface area contributed by atoms with Crippen molar-refractivity contribution in [3.05, 3.63) is 106 Å². The van der Waals surface area contributed by atoms with Gasteiger partial charge in [0.1, 0.15) is 0 Å². The standard InChI is InChI=1S/C25H20ClNOS/c26-19-11-5-4-10-18(19)25-24-21(27-20-12-6-7-13-23(20)29-25)14-17(15-22(24)28)16-8-2-1-3-9-16/h1-13,17,25,27H,14-15H2/t17-,25+/m1/s1. The summed E-state index contributed by atoms with van der Waals surface area (Å²) in [5, 5.41) is 4.20. The van der Waals surface area contributed by atoms with Gasteiger partial charge in [0, 0.05) is 27.6 Å². The molecule has 2 aliphatic rings. The molecule has 29 heavy (non-hydrogen) atoms. The quantitative estimate of drug-likeness (QED) is 0.486. The van der Waals surface area contributed by atoms with E-state index in [1.165, 1.54) is 5.56 Å². The first kappa shape index (κ1) is 18.5. The fraction of sp³-hybridized carbons (Fsp3) is 0.160. The van der Waals surface area contributed by atoms with E-state index in [0.717, 1.165) is 33.8 Å². The summed E-state index contributed by atoms with van der Waals surface area (Å²) in [5.74, 6) is 0.398. The number of hydrogen-bond acceptors (Lipinski definition) is 3. The topological polar surface area (TPSA) is 29.1 Å². The fourth-order valence-corrected chi connectivity index (χ4v) is 5.93. The highest BCUT2D eigenvalue weighted by Gasteiger charge is 2.37. The second-order valence-corrected chi connectivity index (χ2v) is 9.03. The van der Waals surface area contributed by atoms with E-state index < -0.39 is 0 Å². The molecule has 2 atom stereocenters. The summed E-state index contributed by atoms with van der Waals surface area (Å²) in [6.07, 6.45) is 1.35. The smallest absolute Gasteiger partial charge is 0.162 e. The SMILES string of the molecule is O=C1C[C@H](c2ccccc2)CC2=C1[C@H](c1ccccc1Cl)Sc1ccccc1N2. The van der Waals surface area contributed by atoms with Gasteiger partial charge in [0.15, 0.2) is 5.78 Å². The fourth-order valence-electron chi connectivity index (χ4n) is 4.24. The Morgan fingerprint density at radius 3 is 2.41 bits per heavy atom. The van der Waals surface area contributed by atoms with E-state index in [2.05, 4.69) is 29.6 Å². The lowest BCUT2D eigenvalue weighted by molar-refractivity contribution is -0.116. The van der Waals surface area contributed by atoms with Crippen LogP contribution in [0.2, 0.25) is 5.02 Å². The molecule has 0 saturated carbocycles. The molecule has 0 aromatic heterocycles. The number of carbonyl (C=O) groups excluding carboxylic acids is 1. The number of halogens is 1. The number of thioether (sulfide) groups is 1. The maximum absolute atomic E-state index is 13.5. The summed E-state index contributed by atoms with van der Waals surface area (Å²) in [5.41, 5.74) is 5.16. The van der Waals surface area contributed by atoms with Gasteiger partial charge in [0.2, 0.25) is 0 Å². The second kappa shape index (κ2) is 7.74. The molecule has 1 aliphatic heterocycles. The Kier molecular flexibility index (Phi) is 4.94. The molecule has 0 fully saturated rings. The lowest BCUT2D eigenvalue weighted by Gasteiger charge is -2.29. The first-order valence-corrected chi connectivity index (χ1v) is 11.0. The third kappa shape index (κ3) is 3.50. The molecule has 1 aliphatic carbocycles. The van der Waals surface area contributed by atoms with E-state index >= 15 is 0 Å². The predicted molar refractivity (Wildman–Crippen MR) is 121 cm³/mol. The number of fused-ring (bicyclic) bond motifs is 1. The Morgan fingerprint density at radius 1 is 0.862 bits per heavy atom. The molecule has 1 N–H and O–H groups in total. The van der Waals surface area contributed by atoms with Gasteiger partial charge in [-0.3, -0.25) is 4.79 Å². The molecule has 0 saturated heterocycles. The number of rotatable bonds is 2. The number of Topliss-reactive ketones (excluding diaryl/α,β-unsaturated/α-hetero) is 1. The average Bonchev–Trinajstić information content (AvgIpc) is 2.91. The Labute approximate surface area is 180 Å². The van der Waals surface area contributed by atoms with Gasteiger partial charge >= 0.3 is 0 Å². The van der Waals surface area contributed by atoms with Gasteiger partial charge in [0.25, 0.3) is 0 Å². The maximum Gasteiger partial charge on any atom is 0.162 e. The Bertz CT molecular complexity index is 1110. The number of para-hydroxylation sites is 1. The molecule has 0 radical (unpaired) electrons. The number of benzene rings is 3. The molecular weight excluding hydrogens is 398 g/mol. The molecule has 3 aromatic rings. The van der Waals surface area contributed by atoms with Crippen molar-refractivity contribution in [3.8, 4) is 0 Å². The summed E-state index contributed by atoms with van der Waals surface area (Å²) in [7, 11) is 0. The van der Waals surface area contributed by atoms with E-state index in [9.17, 15) is 4.79 Å². The monoisotopic (exact) mass is 417 g/mol. The van der Waals surface area contributed by atoms with E-state index in [1.807, 2.05) is 54.6 Å².